The van der Waals surface area contributed by atoms with Crippen molar-refractivity contribution in [2.24, 2.45) is 7.05 Å². The predicted octanol–water partition coefficient (Wildman–Crippen LogP) is 2.36. The second kappa shape index (κ2) is 9.30. The quantitative estimate of drug-likeness (QED) is 0.681. The molecule has 2 aromatic rings. The summed E-state index contributed by atoms with van der Waals surface area (Å²) in [6.45, 7) is 7.23. The Morgan fingerprint density at radius 3 is 2.37 bits per heavy atom. The lowest BCUT2D eigenvalue weighted by atomic mass is 10.2. The van der Waals surface area contributed by atoms with E-state index in [1.54, 1.807) is 25.3 Å². The fraction of sp³-hybridized carbons (Fsp3) is 0.400. The summed E-state index contributed by atoms with van der Waals surface area (Å²) in [6.07, 6.45) is 2.97. The molecule has 1 aromatic carbocycles. The second-order valence-corrected chi connectivity index (χ2v) is 9.39. The van der Waals surface area contributed by atoms with Gasteiger partial charge in [-0.25, -0.2) is 8.42 Å². The monoisotopic (exact) mass is 451 g/mol. The van der Waals surface area contributed by atoms with Crippen LogP contribution in [0.15, 0.2) is 35.2 Å². The van der Waals surface area contributed by atoms with Crippen molar-refractivity contribution in [1.29, 1.82) is 0 Å². The summed E-state index contributed by atoms with van der Waals surface area (Å²) < 4.78 is 28.7. The number of carbonyl (C=O) groups excluding carboxylic acids is 1. The van der Waals surface area contributed by atoms with E-state index in [0.29, 0.717) is 29.5 Å². The van der Waals surface area contributed by atoms with E-state index in [1.165, 1.54) is 27.2 Å². The van der Waals surface area contributed by atoms with Crippen LogP contribution in [0.25, 0.3) is 6.08 Å². The van der Waals surface area contributed by atoms with Crippen molar-refractivity contribution in [2.75, 3.05) is 38.0 Å². The van der Waals surface area contributed by atoms with Gasteiger partial charge in [0.2, 0.25) is 15.9 Å². The first-order chi connectivity index (χ1) is 14.2. The topological polar surface area (TPSA) is 87.5 Å². The van der Waals surface area contributed by atoms with Gasteiger partial charge in [0.25, 0.3) is 0 Å². The average Bonchev–Trinajstić information content (AvgIpc) is 2.98. The molecule has 1 aromatic heterocycles. The number of anilines is 1. The number of aryl methyl sites for hydroxylation is 2. The van der Waals surface area contributed by atoms with Crippen molar-refractivity contribution in [3.05, 3.63) is 46.8 Å². The van der Waals surface area contributed by atoms with Crippen LogP contribution in [-0.4, -0.2) is 66.0 Å². The average molecular weight is 452 g/mol. The molecule has 8 nitrogen and oxygen atoms in total. The second-order valence-electron chi connectivity index (χ2n) is 7.10. The van der Waals surface area contributed by atoms with Crippen molar-refractivity contribution >= 4 is 39.3 Å². The molecule has 0 saturated carbocycles. The first-order valence-electron chi connectivity index (χ1n) is 9.73. The molecule has 1 aliphatic heterocycles. The van der Waals surface area contributed by atoms with Crippen LogP contribution in [0.5, 0.6) is 0 Å². The molecule has 2 heterocycles. The number of hydrogen-bond acceptors (Lipinski definition) is 5. The highest BCUT2D eigenvalue weighted by Gasteiger charge is 2.27. The zero-order valence-corrected chi connectivity index (χ0v) is 18.9. The van der Waals surface area contributed by atoms with Crippen LogP contribution < -0.4 is 5.32 Å². The van der Waals surface area contributed by atoms with Gasteiger partial charge >= 0.3 is 0 Å². The molecule has 0 spiro atoms. The third kappa shape index (κ3) is 4.92. The summed E-state index contributed by atoms with van der Waals surface area (Å²) in [7, 11) is -1.81. The standard InChI is InChI=1S/C20H26ClN5O3S/c1-4-25-11-13-26(14-12-25)30(28,29)17-7-5-16(6-8-17)22-19(27)10-9-18-15(2)23-24(3)20(18)21/h5-10H,4,11-14H2,1-3H3,(H,22,27)/b10-9+. The Bertz CT molecular complexity index is 1040. The Morgan fingerprint density at radius 2 is 1.83 bits per heavy atom. The van der Waals surface area contributed by atoms with Gasteiger partial charge in [-0.2, -0.15) is 9.40 Å². The van der Waals surface area contributed by atoms with Crippen LogP contribution in [-0.2, 0) is 21.9 Å². The first-order valence-corrected chi connectivity index (χ1v) is 11.5. The Hall–Kier alpha value is -2.20. The summed E-state index contributed by atoms with van der Waals surface area (Å²) >= 11 is 6.15. The molecule has 0 bridgehead atoms. The molecule has 1 N–H and O–H groups in total. The smallest absolute Gasteiger partial charge is 0.248 e. The lowest BCUT2D eigenvalue weighted by molar-refractivity contribution is -0.111. The minimum atomic E-state index is -3.54. The van der Waals surface area contributed by atoms with Crippen LogP contribution in [0.1, 0.15) is 18.2 Å². The number of hydrogen-bond donors (Lipinski definition) is 1. The summed E-state index contributed by atoms with van der Waals surface area (Å²) in [5, 5.41) is 7.36. The Balaban J connectivity index is 1.64. The van der Waals surface area contributed by atoms with Crippen molar-refractivity contribution in [2.45, 2.75) is 18.7 Å². The number of rotatable bonds is 6. The van der Waals surface area contributed by atoms with Gasteiger partial charge in [-0.15, -0.1) is 0 Å². The predicted molar refractivity (Wildman–Crippen MR) is 118 cm³/mol. The molecule has 1 saturated heterocycles. The number of piperazine rings is 1. The lowest BCUT2D eigenvalue weighted by Gasteiger charge is -2.33. The summed E-state index contributed by atoms with van der Waals surface area (Å²) in [6, 6.07) is 6.21. The Labute approximate surface area is 182 Å². The molecule has 1 amide bonds. The SMILES string of the molecule is CCN1CCN(S(=O)(=O)c2ccc(NC(=O)/C=C/c3c(C)nn(C)c3Cl)cc2)CC1. The normalized spacial score (nSPS) is 16.3. The van der Waals surface area contributed by atoms with Gasteiger partial charge in [0, 0.05) is 50.6 Å². The maximum absolute atomic E-state index is 12.8. The number of halogens is 1. The van der Waals surface area contributed by atoms with Crippen LogP contribution in [0.4, 0.5) is 5.69 Å². The van der Waals surface area contributed by atoms with E-state index in [2.05, 4.69) is 22.2 Å². The maximum atomic E-state index is 12.8. The molecule has 0 radical (unpaired) electrons. The third-order valence-electron chi connectivity index (χ3n) is 5.14. The molecule has 0 atom stereocenters. The zero-order chi connectivity index (χ0) is 21.9. The molecule has 0 aliphatic carbocycles. The molecule has 1 fully saturated rings. The minimum Gasteiger partial charge on any atom is -0.323 e. The van der Waals surface area contributed by atoms with E-state index in [0.717, 1.165) is 25.3 Å². The summed E-state index contributed by atoms with van der Waals surface area (Å²) in [5.74, 6) is -0.347. The maximum Gasteiger partial charge on any atom is 0.248 e. The highest BCUT2D eigenvalue weighted by molar-refractivity contribution is 7.89. The Morgan fingerprint density at radius 1 is 1.20 bits per heavy atom. The highest BCUT2D eigenvalue weighted by atomic mass is 35.5. The lowest BCUT2D eigenvalue weighted by Crippen LogP contribution is -2.48. The van der Waals surface area contributed by atoms with Gasteiger partial charge in [0.1, 0.15) is 5.15 Å². The van der Waals surface area contributed by atoms with E-state index in [9.17, 15) is 13.2 Å². The molecule has 3 rings (SSSR count). The van der Waals surface area contributed by atoms with E-state index in [4.69, 9.17) is 11.6 Å². The fourth-order valence-electron chi connectivity index (χ4n) is 3.32. The van der Waals surface area contributed by atoms with Gasteiger partial charge in [-0.05, 0) is 43.8 Å². The molecule has 0 unspecified atom stereocenters. The van der Waals surface area contributed by atoms with Gasteiger partial charge < -0.3 is 10.2 Å². The van der Waals surface area contributed by atoms with Gasteiger partial charge in [0.15, 0.2) is 0 Å². The Kier molecular flexibility index (Phi) is 6.97. The van der Waals surface area contributed by atoms with Gasteiger partial charge in [0.05, 0.1) is 10.6 Å². The van der Waals surface area contributed by atoms with Gasteiger partial charge in [-0.1, -0.05) is 18.5 Å². The summed E-state index contributed by atoms with van der Waals surface area (Å²) in [4.78, 5) is 14.6. The van der Waals surface area contributed by atoms with Gasteiger partial charge in [-0.3, -0.25) is 9.48 Å². The fourth-order valence-corrected chi connectivity index (χ4v) is 4.98. The van der Waals surface area contributed by atoms with Crippen molar-refractivity contribution in [3.63, 3.8) is 0 Å². The number of carbonyl (C=O) groups is 1. The number of amides is 1. The number of nitrogens with zero attached hydrogens (tertiary/aromatic N) is 4. The minimum absolute atomic E-state index is 0.221. The van der Waals surface area contributed by atoms with E-state index >= 15 is 0 Å². The van der Waals surface area contributed by atoms with E-state index in [1.807, 2.05) is 6.92 Å². The van der Waals surface area contributed by atoms with Crippen LogP contribution in [0, 0.1) is 6.92 Å². The van der Waals surface area contributed by atoms with E-state index in [-0.39, 0.29) is 10.8 Å². The number of nitrogens with one attached hydrogen (secondary N) is 1. The number of aromatic nitrogens is 2. The third-order valence-corrected chi connectivity index (χ3v) is 7.50. The first kappa shape index (κ1) is 22.5. The number of likely N-dealkylation sites (N-methyl/N-ethyl adjacent to an activating group) is 1. The highest BCUT2D eigenvalue weighted by Crippen LogP contribution is 2.21. The molecular formula is C20H26ClN5O3S. The van der Waals surface area contributed by atoms with Crippen molar-refractivity contribution in [1.82, 2.24) is 19.0 Å². The van der Waals surface area contributed by atoms with Crippen molar-refractivity contribution < 1.29 is 13.2 Å². The number of benzene rings is 1. The molecular weight excluding hydrogens is 426 g/mol. The molecule has 10 heteroatoms. The van der Waals surface area contributed by atoms with Crippen molar-refractivity contribution in [3.8, 4) is 0 Å². The largest absolute Gasteiger partial charge is 0.323 e. The number of sulfonamides is 1. The molecule has 30 heavy (non-hydrogen) atoms. The summed E-state index contributed by atoms with van der Waals surface area (Å²) in [5.41, 5.74) is 1.91. The molecule has 1 aliphatic rings. The van der Waals surface area contributed by atoms with Crippen LogP contribution >= 0.6 is 11.6 Å². The van der Waals surface area contributed by atoms with E-state index < -0.39 is 10.0 Å². The van der Waals surface area contributed by atoms with Crippen LogP contribution in [0.2, 0.25) is 5.15 Å². The molecule has 162 valence electrons. The van der Waals surface area contributed by atoms with Crippen LogP contribution in [0.3, 0.4) is 0 Å². The zero-order valence-electron chi connectivity index (χ0n) is 17.3.